The van der Waals surface area contributed by atoms with Gasteiger partial charge >= 0.3 is 0 Å². The molecule has 0 N–H and O–H groups in total. The zero-order chi connectivity index (χ0) is 20.1. The first-order chi connectivity index (χ1) is 14.2. The predicted octanol–water partition coefficient (Wildman–Crippen LogP) is 4.63. The minimum Gasteiger partial charge on any atom is -0.381 e. The van der Waals surface area contributed by atoms with Gasteiger partial charge in [-0.15, -0.1) is 0 Å². The molecular formula is C24H29ClN2O2. The fourth-order valence-electron chi connectivity index (χ4n) is 4.57. The Balaban J connectivity index is 1.43. The molecule has 2 aliphatic heterocycles. The van der Waals surface area contributed by atoms with Gasteiger partial charge in [0.15, 0.2) is 0 Å². The van der Waals surface area contributed by atoms with E-state index in [9.17, 15) is 4.79 Å². The Morgan fingerprint density at radius 1 is 0.931 bits per heavy atom. The topological polar surface area (TPSA) is 32.8 Å². The Kier molecular flexibility index (Phi) is 6.86. The second-order valence-corrected chi connectivity index (χ2v) is 8.41. The van der Waals surface area contributed by atoms with Crippen LogP contribution in [0.15, 0.2) is 54.6 Å². The highest BCUT2D eigenvalue weighted by Gasteiger charge is 2.32. The average molecular weight is 413 g/mol. The number of halogens is 1. The van der Waals surface area contributed by atoms with Gasteiger partial charge in [0, 0.05) is 44.9 Å². The Bertz CT molecular complexity index is 800. The van der Waals surface area contributed by atoms with Crippen LogP contribution < -0.4 is 0 Å². The largest absolute Gasteiger partial charge is 0.381 e. The van der Waals surface area contributed by atoms with Crippen molar-refractivity contribution in [3.05, 3.63) is 70.7 Å². The average Bonchev–Trinajstić information content (AvgIpc) is 2.79. The zero-order valence-electron chi connectivity index (χ0n) is 16.8. The highest BCUT2D eigenvalue weighted by molar-refractivity contribution is 6.33. The monoisotopic (exact) mass is 412 g/mol. The van der Waals surface area contributed by atoms with Crippen LogP contribution in [0.25, 0.3) is 0 Å². The number of piperidine rings is 1. The van der Waals surface area contributed by atoms with Gasteiger partial charge in [-0.2, -0.15) is 0 Å². The maximum absolute atomic E-state index is 12.9. The van der Waals surface area contributed by atoms with Gasteiger partial charge in [0.25, 0.3) is 5.91 Å². The summed E-state index contributed by atoms with van der Waals surface area (Å²) in [4.78, 5) is 17.5. The highest BCUT2D eigenvalue weighted by atomic mass is 35.5. The van der Waals surface area contributed by atoms with E-state index in [1.807, 2.05) is 23.1 Å². The minimum absolute atomic E-state index is 0.0507. The third kappa shape index (κ3) is 5.00. The number of hydrogen-bond acceptors (Lipinski definition) is 3. The third-order valence-corrected chi connectivity index (χ3v) is 6.52. The Labute approximate surface area is 178 Å². The number of likely N-dealkylation sites (tertiary alicyclic amines) is 1. The van der Waals surface area contributed by atoms with Gasteiger partial charge in [0.05, 0.1) is 10.6 Å². The summed E-state index contributed by atoms with van der Waals surface area (Å²) < 4.78 is 5.60. The molecule has 29 heavy (non-hydrogen) atoms. The van der Waals surface area contributed by atoms with Crippen molar-refractivity contribution in [3.8, 4) is 0 Å². The van der Waals surface area contributed by atoms with E-state index in [2.05, 4.69) is 35.2 Å². The molecule has 2 aromatic rings. The molecule has 0 atom stereocenters. The molecule has 4 rings (SSSR count). The molecule has 1 amide bonds. The lowest BCUT2D eigenvalue weighted by Crippen LogP contribution is -2.51. The van der Waals surface area contributed by atoms with E-state index in [1.54, 1.807) is 6.07 Å². The molecule has 2 fully saturated rings. The van der Waals surface area contributed by atoms with Gasteiger partial charge in [-0.1, -0.05) is 54.1 Å². The molecule has 0 saturated carbocycles. The number of nitrogens with zero attached hydrogens (tertiary/aromatic N) is 2. The minimum atomic E-state index is 0.0507. The molecule has 0 unspecified atom stereocenters. The normalized spacial score (nSPS) is 18.9. The molecule has 0 radical (unpaired) electrons. The Hall–Kier alpha value is -1.88. The SMILES string of the molecule is O=C(c1ccccc1Cl)N1CCC(N(Cc2ccccc2)C2CCOCC2)CC1. The van der Waals surface area contributed by atoms with Crippen molar-refractivity contribution in [3.63, 3.8) is 0 Å². The summed E-state index contributed by atoms with van der Waals surface area (Å²) in [7, 11) is 0. The van der Waals surface area contributed by atoms with Gasteiger partial charge in [0.2, 0.25) is 0 Å². The molecule has 2 aliphatic rings. The summed E-state index contributed by atoms with van der Waals surface area (Å²) in [6.45, 7) is 4.22. The molecule has 2 heterocycles. The maximum Gasteiger partial charge on any atom is 0.255 e. The lowest BCUT2D eigenvalue weighted by molar-refractivity contribution is -0.00148. The van der Waals surface area contributed by atoms with E-state index in [0.29, 0.717) is 22.7 Å². The van der Waals surface area contributed by atoms with Crippen molar-refractivity contribution in [2.45, 2.75) is 44.3 Å². The molecule has 0 aromatic heterocycles. The van der Waals surface area contributed by atoms with Crippen LogP contribution in [0.5, 0.6) is 0 Å². The number of carbonyl (C=O) groups excluding carboxylic acids is 1. The molecule has 0 spiro atoms. The van der Waals surface area contributed by atoms with E-state index in [4.69, 9.17) is 16.3 Å². The summed E-state index contributed by atoms with van der Waals surface area (Å²) in [5.74, 6) is 0.0507. The van der Waals surface area contributed by atoms with Crippen LogP contribution in [0.3, 0.4) is 0 Å². The maximum atomic E-state index is 12.9. The smallest absolute Gasteiger partial charge is 0.255 e. The lowest BCUT2D eigenvalue weighted by atomic mass is 9.96. The van der Waals surface area contributed by atoms with Crippen molar-refractivity contribution in [2.75, 3.05) is 26.3 Å². The zero-order valence-corrected chi connectivity index (χ0v) is 17.6. The van der Waals surface area contributed by atoms with Crippen LogP contribution in [0.4, 0.5) is 0 Å². The van der Waals surface area contributed by atoms with E-state index in [0.717, 1.165) is 58.5 Å². The van der Waals surface area contributed by atoms with Gasteiger partial charge in [-0.3, -0.25) is 9.69 Å². The molecular weight excluding hydrogens is 384 g/mol. The summed E-state index contributed by atoms with van der Waals surface area (Å²) >= 11 is 6.24. The Morgan fingerprint density at radius 2 is 1.55 bits per heavy atom. The van der Waals surface area contributed by atoms with Gasteiger partial charge < -0.3 is 9.64 Å². The fraction of sp³-hybridized carbons (Fsp3) is 0.458. The first-order valence-electron chi connectivity index (χ1n) is 10.6. The predicted molar refractivity (Wildman–Crippen MR) is 116 cm³/mol. The third-order valence-electron chi connectivity index (χ3n) is 6.19. The number of carbonyl (C=O) groups is 1. The van der Waals surface area contributed by atoms with Crippen molar-refractivity contribution in [1.82, 2.24) is 9.80 Å². The summed E-state index contributed by atoms with van der Waals surface area (Å²) in [5.41, 5.74) is 1.96. The molecule has 154 valence electrons. The number of hydrogen-bond donors (Lipinski definition) is 0. The molecule has 2 saturated heterocycles. The summed E-state index contributed by atoms with van der Waals surface area (Å²) in [5, 5.41) is 0.535. The number of amides is 1. The van der Waals surface area contributed by atoms with E-state index in [1.165, 1.54) is 5.56 Å². The second-order valence-electron chi connectivity index (χ2n) is 8.00. The highest BCUT2D eigenvalue weighted by Crippen LogP contribution is 2.27. The number of ether oxygens (including phenoxy) is 1. The molecule has 4 nitrogen and oxygen atoms in total. The van der Waals surface area contributed by atoms with Gasteiger partial charge in [-0.25, -0.2) is 0 Å². The van der Waals surface area contributed by atoms with E-state index < -0.39 is 0 Å². The molecule has 2 aromatic carbocycles. The van der Waals surface area contributed by atoms with E-state index in [-0.39, 0.29) is 5.91 Å². The quantitative estimate of drug-likeness (QED) is 0.718. The number of rotatable bonds is 5. The van der Waals surface area contributed by atoms with Crippen LogP contribution in [0, 0.1) is 0 Å². The van der Waals surface area contributed by atoms with Crippen molar-refractivity contribution >= 4 is 17.5 Å². The summed E-state index contributed by atoms with van der Waals surface area (Å²) in [6.07, 6.45) is 4.18. The van der Waals surface area contributed by atoms with Crippen LogP contribution in [-0.2, 0) is 11.3 Å². The molecule has 0 aliphatic carbocycles. The van der Waals surface area contributed by atoms with Gasteiger partial charge in [0.1, 0.15) is 0 Å². The van der Waals surface area contributed by atoms with Crippen LogP contribution in [0.1, 0.15) is 41.6 Å². The fourth-order valence-corrected chi connectivity index (χ4v) is 4.79. The van der Waals surface area contributed by atoms with Crippen LogP contribution >= 0.6 is 11.6 Å². The van der Waals surface area contributed by atoms with Crippen molar-refractivity contribution in [1.29, 1.82) is 0 Å². The molecule has 5 heteroatoms. The van der Waals surface area contributed by atoms with Crippen LogP contribution in [0.2, 0.25) is 5.02 Å². The lowest BCUT2D eigenvalue weighted by Gasteiger charge is -2.43. The molecule has 0 bridgehead atoms. The van der Waals surface area contributed by atoms with Crippen LogP contribution in [-0.4, -0.2) is 54.1 Å². The van der Waals surface area contributed by atoms with Crippen molar-refractivity contribution in [2.24, 2.45) is 0 Å². The first-order valence-corrected chi connectivity index (χ1v) is 11.0. The van der Waals surface area contributed by atoms with Gasteiger partial charge in [-0.05, 0) is 43.4 Å². The summed E-state index contributed by atoms with van der Waals surface area (Å²) in [6, 6.07) is 19.1. The number of benzene rings is 2. The van der Waals surface area contributed by atoms with Crippen molar-refractivity contribution < 1.29 is 9.53 Å². The second kappa shape index (κ2) is 9.75. The Morgan fingerprint density at radius 3 is 2.24 bits per heavy atom. The van der Waals surface area contributed by atoms with E-state index >= 15 is 0 Å². The standard InChI is InChI=1S/C24H29ClN2O2/c25-23-9-5-4-8-22(23)24(28)26-14-10-20(11-15-26)27(21-12-16-29-17-13-21)18-19-6-2-1-3-7-19/h1-9,20-21H,10-18H2. The first kappa shape index (κ1) is 20.4.